The molecule has 3 heterocycles. The fourth-order valence-electron chi connectivity index (χ4n) is 4.96. The van der Waals surface area contributed by atoms with E-state index >= 15 is 0 Å². The number of aryl methyl sites for hydroxylation is 1. The predicted octanol–water partition coefficient (Wildman–Crippen LogP) is 3.73. The molecule has 0 amide bonds. The molecule has 6 nitrogen and oxygen atoms in total. The first-order valence-electron chi connectivity index (χ1n) is 11.4. The maximum Gasteiger partial charge on any atom is 0.271 e. The maximum absolute atomic E-state index is 13.8. The average Bonchev–Trinajstić information content (AvgIpc) is 3.21. The van der Waals surface area contributed by atoms with E-state index in [0.29, 0.717) is 20.8 Å². The Kier molecular flexibility index (Phi) is 5.34. The van der Waals surface area contributed by atoms with Crippen LogP contribution >= 0.6 is 11.3 Å². The first-order valence-corrected chi connectivity index (χ1v) is 12.2. The quantitative estimate of drug-likeness (QED) is 0.446. The molecule has 0 N–H and O–H groups in total. The highest BCUT2D eigenvalue weighted by molar-refractivity contribution is 7.07. The maximum atomic E-state index is 13.8. The molecule has 0 spiro atoms. The molecule has 2 aromatic carbocycles. The number of rotatable bonds is 4. The van der Waals surface area contributed by atoms with E-state index in [9.17, 15) is 4.79 Å². The largest absolute Gasteiger partial charge is 0.493 e. The number of pyridine rings is 1. The molecule has 174 valence electrons. The summed E-state index contributed by atoms with van der Waals surface area (Å²) < 4.78 is 13.6. The van der Waals surface area contributed by atoms with Crippen LogP contribution in [0.25, 0.3) is 11.8 Å². The molecule has 1 unspecified atom stereocenters. The number of aromatic nitrogens is 2. The van der Waals surface area contributed by atoms with E-state index in [1.54, 1.807) is 26.6 Å². The lowest BCUT2D eigenvalue weighted by Crippen LogP contribution is -2.38. The molecule has 7 heteroatoms. The van der Waals surface area contributed by atoms with E-state index in [1.165, 1.54) is 16.9 Å². The second kappa shape index (κ2) is 8.67. The third kappa shape index (κ3) is 3.59. The van der Waals surface area contributed by atoms with Gasteiger partial charge in [-0.2, -0.15) is 0 Å². The predicted molar refractivity (Wildman–Crippen MR) is 137 cm³/mol. The summed E-state index contributed by atoms with van der Waals surface area (Å²) in [5.74, 6) is 1.30. The molecule has 1 aliphatic heterocycles. The lowest BCUT2D eigenvalue weighted by molar-refractivity contribution is 0.354. The van der Waals surface area contributed by atoms with Gasteiger partial charge in [0.15, 0.2) is 16.3 Å². The summed E-state index contributed by atoms with van der Waals surface area (Å²) in [6.07, 6.45) is 7.11. The second-order valence-electron chi connectivity index (χ2n) is 8.51. The lowest BCUT2D eigenvalue weighted by Gasteiger charge is -2.31. The van der Waals surface area contributed by atoms with Crippen molar-refractivity contribution in [1.29, 1.82) is 0 Å². The van der Waals surface area contributed by atoms with Gasteiger partial charge in [0.2, 0.25) is 0 Å². The SMILES string of the molecule is COc1ccc(C2C3=C(N=c4s/c(=C/c5ccncc5)c(=O)n42)c2ccccc2CC3)cc1OC. The van der Waals surface area contributed by atoms with Crippen molar-refractivity contribution in [1.82, 2.24) is 9.55 Å². The third-order valence-electron chi connectivity index (χ3n) is 6.60. The monoisotopic (exact) mass is 481 g/mol. The molecular formula is C28H23N3O3S. The first kappa shape index (κ1) is 21.6. The van der Waals surface area contributed by atoms with Crippen LogP contribution in [-0.2, 0) is 6.42 Å². The van der Waals surface area contributed by atoms with Gasteiger partial charge in [-0.15, -0.1) is 0 Å². The van der Waals surface area contributed by atoms with Crippen LogP contribution < -0.4 is 24.4 Å². The minimum Gasteiger partial charge on any atom is -0.493 e. The summed E-state index contributed by atoms with van der Waals surface area (Å²) in [6, 6.07) is 17.8. The number of benzene rings is 2. The van der Waals surface area contributed by atoms with Gasteiger partial charge in [0.25, 0.3) is 5.56 Å². The summed E-state index contributed by atoms with van der Waals surface area (Å²) in [4.78, 5) is 23.6. The molecule has 1 atom stereocenters. The van der Waals surface area contributed by atoms with Gasteiger partial charge in [-0.1, -0.05) is 41.7 Å². The number of nitrogens with zero attached hydrogens (tertiary/aromatic N) is 3. The standard InChI is InChI=1S/C28H23N3O3S/c1-33-22-10-8-19(16-23(22)34-2)26-21-9-7-18-5-3-4-6-20(18)25(21)30-28-31(26)27(32)24(35-28)15-17-11-13-29-14-12-17/h3-6,8,10-16,26H,7,9H2,1-2H3/b24-15+. The lowest BCUT2D eigenvalue weighted by atomic mass is 9.83. The highest BCUT2D eigenvalue weighted by Crippen LogP contribution is 2.42. The van der Waals surface area contributed by atoms with Crippen LogP contribution in [0.3, 0.4) is 0 Å². The van der Waals surface area contributed by atoms with Gasteiger partial charge in [0.1, 0.15) is 0 Å². The average molecular weight is 482 g/mol. The normalized spacial score (nSPS) is 16.7. The highest BCUT2D eigenvalue weighted by Gasteiger charge is 2.33. The van der Waals surface area contributed by atoms with Gasteiger partial charge in [0.05, 0.1) is 30.5 Å². The Labute approximate surface area is 206 Å². The van der Waals surface area contributed by atoms with Gasteiger partial charge in [-0.25, -0.2) is 4.99 Å². The first-order chi connectivity index (χ1) is 17.2. The Bertz CT molecular complexity index is 1650. The topological polar surface area (TPSA) is 65.7 Å². The number of ether oxygens (including phenoxy) is 2. The molecule has 35 heavy (non-hydrogen) atoms. The molecule has 4 aromatic rings. The fourth-order valence-corrected chi connectivity index (χ4v) is 5.96. The van der Waals surface area contributed by atoms with Crippen molar-refractivity contribution in [2.75, 3.05) is 14.2 Å². The Balaban J connectivity index is 1.63. The van der Waals surface area contributed by atoms with Crippen LogP contribution in [0.5, 0.6) is 11.5 Å². The molecule has 1 aliphatic carbocycles. The Hall–Kier alpha value is -3.97. The van der Waals surface area contributed by atoms with Gasteiger partial charge in [-0.3, -0.25) is 14.3 Å². The van der Waals surface area contributed by atoms with Gasteiger partial charge >= 0.3 is 0 Å². The zero-order valence-corrected chi connectivity index (χ0v) is 20.2. The van der Waals surface area contributed by atoms with E-state index < -0.39 is 0 Å². The van der Waals surface area contributed by atoms with Crippen molar-refractivity contribution in [3.63, 3.8) is 0 Å². The van der Waals surface area contributed by atoms with Crippen molar-refractivity contribution < 1.29 is 9.47 Å². The molecule has 0 saturated heterocycles. The summed E-state index contributed by atoms with van der Waals surface area (Å²) in [5, 5.41) is 0. The minimum atomic E-state index is -0.269. The van der Waals surface area contributed by atoms with Crippen molar-refractivity contribution in [3.05, 3.63) is 115 Å². The van der Waals surface area contributed by atoms with Crippen LogP contribution in [-0.4, -0.2) is 23.8 Å². The summed E-state index contributed by atoms with van der Waals surface area (Å²) in [7, 11) is 3.25. The van der Waals surface area contributed by atoms with E-state index in [4.69, 9.17) is 14.5 Å². The minimum absolute atomic E-state index is 0.0456. The molecule has 2 aliphatic rings. The van der Waals surface area contributed by atoms with Gasteiger partial charge in [0, 0.05) is 18.0 Å². The Morgan fingerprint density at radius 1 is 1.00 bits per heavy atom. The highest BCUT2D eigenvalue weighted by atomic mass is 32.1. The van der Waals surface area contributed by atoms with E-state index in [1.807, 2.05) is 41.0 Å². The van der Waals surface area contributed by atoms with Gasteiger partial charge < -0.3 is 9.47 Å². The van der Waals surface area contributed by atoms with E-state index in [2.05, 4.69) is 29.2 Å². The van der Waals surface area contributed by atoms with Crippen molar-refractivity contribution >= 4 is 23.1 Å². The fraction of sp³-hybridized carbons (Fsp3) is 0.179. The van der Waals surface area contributed by atoms with Gasteiger partial charge in [-0.05, 0) is 65.4 Å². The molecular weight excluding hydrogens is 458 g/mol. The van der Waals surface area contributed by atoms with Crippen LogP contribution in [0.15, 0.2) is 82.4 Å². The van der Waals surface area contributed by atoms with Crippen molar-refractivity contribution in [2.24, 2.45) is 4.99 Å². The van der Waals surface area contributed by atoms with Crippen LogP contribution in [0.2, 0.25) is 0 Å². The molecule has 0 bridgehead atoms. The van der Waals surface area contributed by atoms with Crippen molar-refractivity contribution in [2.45, 2.75) is 18.9 Å². The van der Waals surface area contributed by atoms with Crippen LogP contribution in [0.4, 0.5) is 0 Å². The zero-order chi connectivity index (χ0) is 23.9. The van der Waals surface area contributed by atoms with Crippen LogP contribution in [0.1, 0.15) is 34.7 Å². The Morgan fingerprint density at radius 3 is 2.60 bits per heavy atom. The number of hydrogen-bond acceptors (Lipinski definition) is 6. The zero-order valence-electron chi connectivity index (χ0n) is 19.4. The molecule has 0 saturated carbocycles. The number of hydrogen-bond donors (Lipinski definition) is 0. The number of methoxy groups -OCH3 is 2. The summed E-state index contributed by atoms with van der Waals surface area (Å²) >= 11 is 1.42. The summed E-state index contributed by atoms with van der Waals surface area (Å²) in [6.45, 7) is 0. The number of thiazole rings is 1. The summed E-state index contributed by atoms with van der Waals surface area (Å²) in [5.41, 5.74) is 6.42. The molecule has 0 fully saturated rings. The van der Waals surface area contributed by atoms with Crippen molar-refractivity contribution in [3.8, 4) is 11.5 Å². The molecule has 2 aromatic heterocycles. The number of allylic oxidation sites excluding steroid dienone is 1. The Morgan fingerprint density at radius 2 is 1.80 bits per heavy atom. The van der Waals surface area contributed by atoms with E-state index in [-0.39, 0.29) is 11.6 Å². The third-order valence-corrected chi connectivity index (χ3v) is 7.58. The molecule has 6 rings (SSSR count). The van der Waals surface area contributed by atoms with E-state index in [0.717, 1.165) is 40.8 Å². The number of fused-ring (bicyclic) bond motifs is 3. The van der Waals surface area contributed by atoms with Crippen LogP contribution in [0, 0.1) is 0 Å². The smallest absolute Gasteiger partial charge is 0.271 e. The second-order valence-corrected chi connectivity index (χ2v) is 9.52. The molecule has 0 radical (unpaired) electrons.